The maximum atomic E-state index is 11.9. The van der Waals surface area contributed by atoms with Crippen molar-refractivity contribution in [2.24, 2.45) is 5.92 Å². The smallest absolute Gasteiger partial charge is 0.317 e. The zero-order chi connectivity index (χ0) is 13.1. The van der Waals surface area contributed by atoms with Gasteiger partial charge in [0.25, 0.3) is 0 Å². The van der Waals surface area contributed by atoms with Crippen molar-refractivity contribution in [1.82, 2.24) is 10.2 Å². The van der Waals surface area contributed by atoms with E-state index in [1.54, 1.807) is 0 Å². The average molecular weight is 256 g/mol. The predicted octanol–water partition coefficient (Wildman–Crippen LogP) is 0.406. The fourth-order valence-corrected chi connectivity index (χ4v) is 2.68. The molecule has 0 bridgehead atoms. The number of aliphatic hydroxyl groups is 1. The molecule has 3 atom stereocenters. The Balaban J connectivity index is 1.83. The number of aliphatic hydroxyl groups excluding tert-OH is 1. The third-order valence-corrected chi connectivity index (χ3v) is 3.86. The lowest BCUT2D eigenvalue weighted by molar-refractivity contribution is -0.141. The molecule has 2 fully saturated rings. The minimum Gasteiger partial charge on any atom is -0.481 e. The van der Waals surface area contributed by atoms with Crippen molar-refractivity contribution < 1.29 is 19.8 Å². The lowest BCUT2D eigenvalue weighted by Gasteiger charge is -2.30. The number of aliphatic carboxylic acids is 1. The van der Waals surface area contributed by atoms with Gasteiger partial charge in [0, 0.05) is 13.1 Å². The molecule has 3 unspecified atom stereocenters. The summed E-state index contributed by atoms with van der Waals surface area (Å²) in [6.45, 7) is 0.746. The lowest BCUT2D eigenvalue weighted by atomic mass is 9.93. The summed E-state index contributed by atoms with van der Waals surface area (Å²) in [4.78, 5) is 24.3. The number of rotatable bonds is 2. The minimum atomic E-state index is -0.844. The number of hydrogen-bond donors (Lipinski definition) is 3. The monoisotopic (exact) mass is 256 g/mol. The molecule has 0 aromatic heterocycles. The fourth-order valence-electron chi connectivity index (χ4n) is 2.68. The number of carbonyl (C=O) groups excluding carboxylic acids is 1. The van der Waals surface area contributed by atoms with Crippen LogP contribution in [-0.4, -0.2) is 52.3 Å². The first-order chi connectivity index (χ1) is 8.58. The lowest BCUT2D eigenvalue weighted by Crippen LogP contribution is -2.50. The van der Waals surface area contributed by atoms with Crippen LogP contribution in [0.5, 0.6) is 0 Å². The number of urea groups is 1. The quantitative estimate of drug-likeness (QED) is 0.667. The molecule has 2 amide bonds. The zero-order valence-electron chi connectivity index (χ0n) is 10.3. The summed E-state index contributed by atoms with van der Waals surface area (Å²) in [6.07, 6.45) is 3.57. The van der Waals surface area contributed by atoms with Gasteiger partial charge in [-0.1, -0.05) is 12.8 Å². The van der Waals surface area contributed by atoms with E-state index in [0.29, 0.717) is 13.0 Å². The normalized spacial score (nSPS) is 32.3. The van der Waals surface area contributed by atoms with Crippen LogP contribution >= 0.6 is 0 Å². The van der Waals surface area contributed by atoms with Gasteiger partial charge in [-0.2, -0.15) is 0 Å². The van der Waals surface area contributed by atoms with Crippen LogP contribution < -0.4 is 5.32 Å². The summed E-state index contributed by atoms with van der Waals surface area (Å²) in [5, 5.41) is 21.5. The van der Waals surface area contributed by atoms with Crippen LogP contribution in [0.1, 0.15) is 32.1 Å². The Morgan fingerprint density at radius 1 is 1.17 bits per heavy atom. The van der Waals surface area contributed by atoms with E-state index in [0.717, 1.165) is 25.7 Å². The second kappa shape index (κ2) is 5.56. The van der Waals surface area contributed by atoms with E-state index in [1.165, 1.54) is 4.90 Å². The van der Waals surface area contributed by atoms with Gasteiger partial charge >= 0.3 is 12.0 Å². The summed E-state index contributed by atoms with van der Waals surface area (Å²) >= 11 is 0. The fraction of sp³-hybridized carbons (Fsp3) is 0.833. The molecule has 3 N–H and O–H groups in total. The molecule has 1 saturated heterocycles. The maximum absolute atomic E-state index is 11.9. The summed E-state index contributed by atoms with van der Waals surface area (Å²) < 4.78 is 0. The highest BCUT2D eigenvalue weighted by Gasteiger charge is 2.33. The van der Waals surface area contributed by atoms with Crippen LogP contribution in [-0.2, 0) is 4.79 Å². The van der Waals surface area contributed by atoms with Gasteiger partial charge in [-0.15, -0.1) is 0 Å². The molecule has 2 aliphatic rings. The van der Waals surface area contributed by atoms with Crippen molar-refractivity contribution in [3.05, 3.63) is 0 Å². The number of carbonyl (C=O) groups is 2. The molecular formula is C12H20N2O4. The summed E-state index contributed by atoms with van der Waals surface area (Å²) in [5.74, 6) is -1.30. The summed E-state index contributed by atoms with van der Waals surface area (Å²) in [5.41, 5.74) is 0. The van der Waals surface area contributed by atoms with Crippen LogP contribution in [0.4, 0.5) is 4.79 Å². The number of amides is 2. The van der Waals surface area contributed by atoms with E-state index in [1.807, 2.05) is 0 Å². The molecule has 1 saturated carbocycles. The van der Waals surface area contributed by atoms with Gasteiger partial charge in [0.15, 0.2) is 0 Å². The highest BCUT2D eigenvalue weighted by Crippen LogP contribution is 2.20. The summed E-state index contributed by atoms with van der Waals surface area (Å²) in [6, 6.07) is -0.431. The van der Waals surface area contributed by atoms with Crippen LogP contribution in [0.15, 0.2) is 0 Å². The molecule has 0 spiro atoms. The Bertz CT molecular complexity index is 334. The van der Waals surface area contributed by atoms with Gasteiger partial charge < -0.3 is 20.4 Å². The van der Waals surface area contributed by atoms with Crippen molar-refractivity contribution in [1.29, 1.82) is 0 Å². The Morgan fingerprint density at radius 2 is 1.89 bits per heavy atom. The van der Waals surface area contributed by atoms with Crippen LogP contribution in [0.3, 0.4) is 0 Å². The molecule has 0 aromatic rings. The second-order valence-corrected chi connectivity index (χ2v) is 5.18. The van der Waals surface area contributed by atoms with Crippen LogP contribution in [0.25, 0.3) is 0 Å². The SMILES string of the molecule is O=C(O)C1CCN(C(=O)NC2CCCCC2O)C1. The number of nitrogens with zero attached hydrogens (tertiary/aromatic N) is 1. The number of hydrogen-bond acceptors (Lipinski definition) is 3. The molecule has 1 aliphatic carbocycles. The Labute approximate surface area is 106 Å². The van der Waals surface area contributed by atoms with Gasteiger partial charge in [0.05, 0.1) is 18.1 Å². The molecule has 18 heavy (non-hydrogen) atoms. The summed E-state index contributed by atoms with van der Waals surface area (Å²) in [7, 11) is 0. The van der Waals surface area contributed by atoms with Crippen molar-refractivity contribution in [3.63, 3.8) is 0 Å². The number of likely N-dealkylation sites (tertiary alicyclic amines) is 1. The Morgan fingerprint density at radius 3 is 2.50 bits per heavy atom. The van der Waals surface area contributed by atoms with Crippen LogP contribution in [0, 0.1) is 5.92 Å². The first-order valence-electron chi connectivity index (χ1n) is 6.54. The molecule has 1 aliphatic heterocycles. The van der Waals surface area contributed by atoms with E-state index in [9.17, 15) is 14.7 Å². The van der Waals surface area contributed by atoms with Gasteiger partial charge in [0.1, 0.15) is 0 Å². The first-order valence-corrected chi connectivity index (χ1v) is 6.54. The maximum Gasteiger partial charge on any atom is 0.317 e. The zero-order valence-corrected chi connectivity index (χ0v) is 10.3. The van der Waals surface area contributed by atoms with Gasteiger partial charge in [-0.25, -0.2) is 4.79 Å². The largest absolute Gasteiger partial charge is 0.481 e. The molecule has 102 valence electrons. The highest BCUT2D eigenvalue weighted by atomic mass is 16.4. The Kier molecular flexibility index (Phi) is 4.06. The van der Waals surface area contributed by atoms with E-state index in [-0.39, 0.29) is 18.6 Å². The van der Waals surface area contributed by atoms with Crippen molar-refractivity contribution in [2.75, 3.05) is 13.1 Å². The van der Waals surface area contributed by atoms with E-state index in [4.69, 9.17) is 5.11 Å². The topological polar surface area (TPSA) is 89.9 Å². The third-order valence-electron chi connectivity index (χ3n) is 3.86. The standard InChI is InChI=1S/C12H20N2O4/c15-10-4-2-1-3-9(10)13-12(18)14-6-5-8(7-14)11(16)17/h8-10,15H,1-7H2,(H,13,18)(H,16,17). The molecule has 0 radical (unpaired) electrons. The number of nitrogens with one attached hydrogen (secondary N) is 1. The van der Waals surface area contributed by atoms with Gasteiger partial charge in [0.2, 0.25) is 0 Å². The molecule has 2 rings (SSSR count). The Hall–Kier alpha value is -1.30. The number of carboxylic acid groups (broad SMARTS) is 1. The first kappa shape index (κ1) is 13.1. The molecule has 1 heterocycles. The molecule has 0 aromatic carbocycles. The second-order valence-electron chi connectivity index (χ2n) is 5.18. The van der Waals surface area contributed by atoms with Crippen molar-refractivity contribution >= 4 is 12.0 Å². The predicted molar refractivity (Wildman–Crippen MR) is 64.1 cm³/mol. The minimum absolute atomic E-state index is 0.185. The van der Waals surface area contributed by atoms with E-state index >= 15 is 0 Å². The third kappa shape index (κ3) is 2.93. The van der Waals surface area contributed by atoms with Gasteiger partial charge in [-0.3, -0.25) is 4.79 Å². The molecular weight excluding hydrogens is 236 g/mol. The van der Waals surface area contributed by atoms with Gasteiger partial charge in [-0.05, 0) is 19.3 Å². The highest BCUT2D eigenvalue weighted by molar-refractivity contribution is 5.77. The average Bonchev–Trinajstić information content (AvgIpc) is 2.81. The van der Waals surface area contributed by atoms with E-state index < -0.39 is 18.0 Å². The van der Waals surface area contributed by atoms with Crippen molar-refractivity contribution in [2.45, 2.75) is 44.2 Å². The number of carboxylic acids is 1. The molecule has 6 heteroatoms. The van der Waals surface area contributed by atoms with Crippen molar-refractivity contribution in [3.8, 4) is 0 Å². The van der Waals surface area contributed by atoms with Crippen LogP contribution in [0.2, 0.25) is 0 Å². The molecule has 6 nitrogen and oxygen atoms in total. The van der Waals surface area contributed by atoms with E-state index in [2.05, 4.69) is 5.32 Å².